The van der Waals surface area contributed by atoms with E-state index in [0.29, 0.717) is 56.9 Å². The first kappa shape index (κ1) is 25.3. The number of carbonyl (C=O) groups excluding carboxylic acids is 1. The summed E-state index contributed by atoms with van der Waals surface area (Å²) in [5, 5.41) is 4.06. The first-order chi connectivity index (χ1) is 17.4. The van der Waals surface area contributed by atoms with E-state index in [9.17, 15) is 17.8 Å². The van der Waals surface area contributed by atoms with Gasteiger partial charge in [0.15, 0.2) is 11.6 Å². The van der Waals surface area contributed by atoms with Crippen LogP contribution in [-0.2, 0) is 16.7 Å². The van der Waals surface area contributed by atoms with Crippen LogP contribution in [0.2, 0.25) is 0 Å². The third-order valence-electron chi connectivity index (χ3n) is 6.25. The number of carbonyl (C=O) groups is 1. The van der Waals surface area contributed by atoms with Crippen LogP contribution in [-0.4, -0.2) is 28.7 Å². The Hall–Kier alpha value is -3.40. The van der Waals surface area contributed by atoms with E-state index < -0.39 is 10.1 Å². The molecule has 5 aromatic rings. The van der Waals surface area contributed by atoms with E-state index in [1.165, 1.54) is 24.3 Å². The number of hydrogen-bond donors (Lipinski definition) is 1. The van der Waals surface area contributed by atoms with Crippen LogP contribution in [0.4, 0.5) is 5.69 Å². The van der Waals surface area contributed by atoms with E-state index in [1.807, 2.05) is 60.7 Å². The van der Waals surface area contributed by atoms with Gasteiger partial charge in [-0.3, -0.25) is 4.79 Å². The molecule has 0 unspecified atom stereocenters. The predicted octanol–water partition coefficient (Wildman–Crippen LogP) is 2.03. The first-order valence-electron chi connectivity index (χ1n) is 11.2. The number of ketones is 1. The van der Waals surface area contributed by atoms with Crippen LogP contribution < -0.4 is 34.9 Å². The summed E-state index contributed by atoms with van der Waals surface area (Å²) < 4.78 is 34.0. The van der Waals surface area contributed by atoms with Gasteiger partial charge in [-0.15, -0.1) is 0 Å². The van der Waals surface area contributed by atoms with Crippen molar-refractivity contribution in [1.82, 2.24) is 9.97 Å². The van der Waals surface area contributed by atoms with E-state index in [0.717, 1.165) is 5.56 Å². The quantitative estimate of drug-likeness (QED) is 0.276. The molecule has 0 amide bonds. The topological polar surface area (TPSA) is 112 Å². The second-order valence-corrected chi connectivity index (χ2v) is 9.85. The molecule has 0 bridgehead atoms. The fraction of sp³-hybridized carbons (Fsp3) is 0.0357. The summed E-state index contributed by atoms with van der Waals surface area (Å²) in [6.07, 6.45) is 0. The smallest absolute Gasteiger partial charge is 0.744 e. The average molecular weight is 516 g/mol. The molecular formula is C28H18N3NaO4S. The molecule has 0 aliphatic heterocycles. The number of anilines is 1. The van der Waals surface area contributed by atoms with E-state index >= 15 is 0 Å². The molecule has 0 radical (unpaired) electrons. The first-order valence-corrected chi connectivity index (χ1v) is 12.6. The van der Waals surface area contributed by atoms with Crippen molar-refractivity contribution in [3.05, 3.63) is 108 Å². The maximum absolute atomic E-state index is 13.6. The van der Waals surface area contributed by atoms with Crippen LogP contribution in [0.5, 0.6) is 0 Å². The van der Waals surface area contributed by atoms with E-state index in [1.54, 1.807) is 6.07 Å². The zero-order chi connectivity index (χ0) is 24.9. The molecule has 1 aromatic heterocycles. The Bertz CT molecular complexity index is 1770. The minimum Gasteiger partial charge on any atom is -0.744 e. The Kier molecular flexibility index (Phi) is 6.70. The summed E-state index contributed by atoms with van der Waals surface area (Å²) >= 11 is 0. The Morgan fingerprint density at radius 1 is 0.784 bits per heavy atom. The molecule has 7 nitrogen and oxygen atoms in total. The fourth-order valence-corrected chi connectivity index (χ4v) is 4.99. The van der Waals surface area contributed by atoms with Gasteiger partial charge >= 0.3 is 29.6 Å². The molecule has 0 saturated heterocycles. The zero-order valence-corrected chi connectivity index (χ0v) is 22.6. The Balaban J connectivity index is 0.00000280. The van der Waals surface area contributed by atoms with Gasteiger partial charge in [0.1, 0.15) is 10.1 Å². The van der Waals surface area contributed by atoms with E-state index in [2.05, 4.69) is 10.3 Å². The minimum absolute atomic E-state index is 0. The van der Waals surface area contributed by atoms with Crippen molar-refractivity contribution < 1.29 is 47.3 Å². The summed E-state index contributed by atoms with van der Waals surface area (Å²) in [6, 6.07) is 26.5. The second kappa shape index (κ2) is 9.81. The van der Waals surface area contributed by atoms with Crippen molar-refractivity contribution in [2.24, 2.45) is 0 Å². The summed E-state index contributed by atoms with van der Waals surface area (Å²) in [6.45, 7) is 0.553. The standard InChI is InChI=1S/C28H19N3O4S.Na/c32-27-21-9-5-4-8-20(21)26-24-23(15-14-22(25(24)27)29-16-17-6-2-1-3-7-17)30-28(31-26)18-10-12-19(13-11-18)36(33,34)35;/h1-15,29H,16H2,(H,33,34,35);/q;+1/p-1. The van der Waals surface area contributed by atoms with Gasteiger partial charge in [0.25, 0.3) is 0 Å². The molecule has 1 heterocycles. The number of hydrogen-bond acceptors (Lipinski definition) is 7. The van der Waals surface area contributed by atoms with E-state index in [4.69, 9.17) is 4.98 Å². The molecule has 176 valence electrons. The summed E-state index contributed by atoms with van der Waals surface area (Å²) in [5.74, 6) is 0.271. The largest absolute Gasteiger partial charge is 1.00 e. The number of nitrogens with zero attached hydrogens (tertiary/aromatic N) is 2. The maximum atomic E-state index is 13.6. The van der Waals surface area contributed by atoms with Crippen molar-refractivity contribution in [3.8, 4) is 22.6 Å². The van der Waals surface area contributed by atoms with Crippen molar-refractivity contribution >= 4 is 32.5 Å². The molecule has 4 aromatic carbocycles. The van der Waals surface area contributed by atoms with Crippen LogP contribution in [0.25, 0.3) is 33.5 Å². The molecule has 0 spiro atoms. The third kappa shape index (κ3) is 4.58. The molecule has 37 heavy (non-hydrogen) atoms. The van der Waals surface area contributed by atoms with Crippen molar-refractivity contribution in [2.45, 2.75) is 11.4 Å². The number of fused-ring (bicyclic) bond motifs is 2. The summed E-state index contributed by atoms with van der Waals surface area (Å²) in [4.78, 5) is 22.8. The predicted molar refractivity (Wildman–Crippen MR) is 136 cm³/mol. The van der Waals surface area contributed by atoms with Gasteiger partial charge in [0.2, 0.25) is 0 Å². The fourth-order valence-electron chi connectivity index (χ4n) is 4.52. The summed E-state index contributed by atoms with van der Waals surface area (Å²) in [7, 11) is -4.56. The number of aromatic nitrogens is 2. The molecule has 0 fully saturated rings. The molecule has 9 heteroatoms. The average Bonchev–Trinajstić information content (AvgIpc) is 2.90. The normalized spacial score (nSPS) is 12.1. The maximum Gasteiger partial charge on any atom is 1.00 e. The molecule has 0 atom stereocenters. The van der Waals surface area contributed by atoms with Crippen LogP contribution >= 0.6 is 0 Å². The number of rotatable bonds is 5. The van der Waals surface area contributed by atoms with Crippen LogP contribution in [0.15, 0.2) is 95.9 Å². The zero-order valence-electron chi connectivity index (χ0n) is 19.8. The number of benzene rings is 4. The number of nitrogens with one attached hydrogen (secondary N) is 1. The van der Waals surface area contributed by atoms with Crippen LogP contribution in [0, 0.1) is 0 Å². The third-order valence-corrected chi connectivity index (χ3v) is 7.09. The van der Waals surface area contributed by atoms with Gasteiger partial charge in [-0.1, -0.05) is 54.6 Å². The van der Waals surface area contributed by atoms with E-state index in [-0.39, 0.29) is 40.2 Å². The Morgan fingerprint density at radius 3 is 2.16 bits per heavy atom. The van der Waals surface area contributed by atoms with Crippen LogP contribution in [0.1, 0.15) is 21.5 Å². The van der Waals surface area contributed by atoms with Gasteiger partial charge in [0, 0.05) is 34.3 Å². The Labute approximate surface area is 235 Å². The van der Waals surface area contributed by atoms with Gasteiger partial charge in [-0.05, 0) is 42.0 Å². The van der Waals surface area contributed by atoms with Gasteiger partial charge in [-0.25, -0.2) is 18.4 Å². The molecule has 1 aliphatic carbocycles. The van der Waals surface area contributed by atoms with Crippen molar-refractivity contribution in [3.63, 3.8) is 0 Å². The SMILES string of the molecule is O=C1c2ccccc2-c2nc(-c3ccc(S(=O)(=O)[O-])cc3)nc3ccc(NCc4ccccc4)c1c23.[Na+]. The van der Waals surface area contributed by atoms with Gasteiger partial charge < -0.3 is 9.87 Å². The minimum atomic E-state index is -4.56. The molecule has 1 N–H and O–H groups in total. The molecular weight excluding hydrogens is 497 g/mol. The Morgan fingerprint density at radius 2 is 1.46 bits per heavy atom. The second-order valence-electron chi connectivity index (χ2n) is 8.47. The van der Waals surface area contributed by atoms with Crippen molar-refractivity contribution in [2.75, 3.05) is 5.32 Å². The van der Waals surface area contributed by atoms with Gasteiger partial charge in [-0.2, -0.15) is 0 Å². The van der Waals surface area contributed by atoms with Crippen LogP contribution in [0.3, 0.4) is 0 Å². The molecule has 1 aliphatic rings. The van der Waals surface area contributed by atoms with Gasteiger partial charge in [0.05, 0.1) is 21.7 Å². The molecule has 0 saturated carbocycles. The molecule has 6 rings (SSSR count). The summed E-state index contributed by atoms with van der Waals surface area (Å²) in [5.41, 5.74) is 5.36. The van der Waals surface area contributed by atoms with Crippen molar-refractivity contribution in [1.29, 1.82) is 0 Å². The monoisotopic (exact) mass is 515 g/mol.